The number of ether oxygens (including phenoxy) is 2. The number of carboxylic acids is 1. The predicted octanol–water partition coefficient (Wildman–Crippen LogP) is 4.95. The molecule has 0 atom stereocenters. The number of hydrogen-bond acceptors (Lipinski definition) is 5. The van der Waals surface area contributed by atoms with Crippen LogP contribution in [0.15, 0.2) is 54.7 Å². The Morgan fingerprint density at radius 2 is 1.75 bits per heavy atom. The van der Waals surface area contributed by atoms with Gasteiger partial charge in [0.2, 0.25) is 5.91 Å². The van der Waals surface area contributed by atoms with Crippen LogP contribution in [0.3, 0.4) is 0 Å². The maximum Gasteiger partial charge on any atom is 0.416 e. The summed E-state index contributed by atoms with van der Waals surface area (Å²) in [6.45, 7) is 0.871. The van der Waals surface area contributed by atoms with Crippen molar-refractivity contribution in [3.63, 3.8) is 0 Å². The second kappa shape index (κ2) is 10.6. The Labute approximate surface area is 227 Å². The highest BCUT2D eigenvalue weighted by Crippen LogP contribution is 2.34. The van der Waals surface area contributed by atoms with Gasteiger partial charge < -0.3 is 24.0 Å². The molecular formula is C29H26F3N3O5. The van der Waals surface area contributed by atoms with E-state index in [9.17, 15) is 27.9 Å². The van der Waals surface area contributed by atoms with Gasteiger partial charge in [0.25, 0.3) is 0 Å². The summed E-state index contributed by atoms with van der Waals surface area (Å²) in [5.74, 6) is -1.23. The van der Waals surface area contributed by atoms with Gasteiger partial charge in [0.15, 0.2) is 0 Å². The molecule has 0 unspecified atom stereocenters. The molecule has 0 spiro atoms. The topological polar surface area (TPSA) is 93.9 Å². The predicted molar refractivity (Wildman–Crippen MR) is 140 cm³/mol. The average Bonchev–Trinajstić information content (AvgIpc) is 3.24. The van der Waals surface area contributed by atoms with Crippen LogP contribution >= 0.6 is 0 Å². The third-order valence-corrected chi connectivity index (χ3v) is 7.10. The van der Waals surface area contributed by atoms with Crippen LogP contribution < -0.4 is 9.47 Å². The minimum Gasteiger partial charge on any atom is -0.496 e. The van der Waals surface area contributed by atoms with Crippen LogP contribution in [0.2, 0.25) is 0 Å². The monoisotopic (exact) mass is 553 g/mol. The molecule has 2 aromatic carbocycles. The van der Waals surface area contributed by atoms with E-state index in [1.165, 1.54) is 32.4 Å². The molecule has 40 heavy (non-hydrogen) atoms. The van der Waals surface area contributed by atoms with Crippen molar-refractivity contribution in [1.29, 1.82) is 0 Å². The summed E-state index contributed by atoms with van der Waals surface area (Å²) < 4.78 is 52.4. The van der Waals surface area contributed by atoms with Crippen molar-refractivity contribution in [3.8, 4) is 11.5 Å². The number of amides is 1. The number of carboxylic acid groups (broad SMARTS) is 1. The Hall–Kier alpha value is -4.54. The largest absolute Gasteiger partial charge is 0.496 e. The van der Waals surface area contributed by atoms with Gasteiger partial charge in [-0.1, -0.05) is 12.1 Å². The van der Waals surface area contributed by atoms with Crippen molar-refractivity contribution in [2.24, 2.45) is 0 Å². The molecule has 0 bridgehead atoms. The number of hydrogen-bond donors (Lipinski definition) is 1. The van der Waals surface area contributed by atoms with E-state index in [-0.39, 0.29) is 42.5 Å². The van der Waals surface area contributed by atoms with E-state index in [2.05, 4.69) is 4.98 Å². The average molecular weight is 554 g/mol. The summed E-state index contributed by atoms with van der Waals surface area (Å²) in [6, 6.07) is 12.0. The van der Waals surface area contributed by atoms with Crippen LogP contribution in [-0.2, 0) is 36.9 Å². The Balaban J connectivity index is 1.45. The highest BCUT2D eigenvalue weighted by Gasteiger charge is 2.31. The number of carbonyl (C=O) groups is 2. The lowest BCUT2D eigenvalue weighted by Gasteiger charge is -2.29. The number of fused-ring (bicyclic) bond motifs is 3. The van der Waals surface area contributed by atoms with Gasteiger partial charge in [-0.2, -0.15) is 13.2 Å². The Morgan fingerprint density at radius 1 is 1.02 bits per heavy atom. The van der Waals surface area contributed by atoms with Crippen molar-refractivity contribution >= 4 is 22.9 Å². The molecule has 0 aliphatic carbocycles. The summed E-state index contributed by atoms with van der Waals surface area (Å²) in [6.07, 6.45) is -2.28. The number of alkyl halides is 3. The first-order chi connectivity index (χ1) is 19.1. The van der Waals surface area contributed by atoms with E-state index >= 15 is 0 Å². The molecule has 8 nitrogen and oxygen atoms in total. The van der Waals surface area contributed by atoms with E-state index in [1.807, 2.05) is 16.7 Å². The van der Waals surface area contributed by atoms with Crippen LogP contribution in [0, 0.1) is 0 Å². The summed E-state index contributed by atoms with van der Waals surface area (Å²) in [5, 5.41) is 10.4. The standard InChI is InChI=1S/C29H26F3N3O5/c1-39-23-12-18(13-24(40-2)26(23)28(37)38)14-25(36)34-10-8-20-21-7-4-9-33-27(21)35(22(20)16-34)15-17-5-3-6-19(11-17)29(30,31)32/h3-7,9,11-13H,8,10,14-16H2,1-2H3,(H,37,38). The number of aromatic nitrogens is 2. The van der Waals surface area contributed by atoms with Crippen molar-refractivity contribution in [2.75, 3.05) is 20.8 Å². The van der Waals surface area contributed by atoms with E-state index in [0.29, 0.717) is 29.7 Å². The molecule has 208 valence electrons. The number of benzene rings is 2. The third kappa shape index (κ3) is 5.06. The van der Waals surface area contributed by atoms with Crippen LogP contribution in [0.25, 0.3) is 11.0 Å². The molecule has 1 amide bonds. The van der Waals surface area contributed by atoms with Gasteiger partial charge in [-0.15, -0.1) is 0 Å². The van der Waals surface area contributed by atoms with E-state index in [1.54, 1.807) is 17.2 Å². The Morgan fingerprint density at radius 3 is 2.40 bits per heavy atom. The van der Waals surface area contributed by atoms with Gasteiger partial charge >= 0.3 is 12.1 Å². The second-order valence-electron chi connectivity index (χ2n) is 9.51. The number of pyridine rings is 1. The van der Waals surface area contributed by atoms with E-state index in [0.717, 1.165) is 28.8 Å². The first-order valence-corrected chi connectivity index (χ1v) is 12.5. The number of rotatable bonds is 7. The fraction of sp³-hybridized carbons (Fsp3) is 0.276. The zero-order valence-electron chi connectivity index (χ0n) is 21.8. The van der Waals surface area contributed by atoms with Crippen LogP contribution in [0.4, 0.5) is 13.2 Å². The maximum atomic E-state index is 13.4. The van der Waals surface area contributed by atoms with Gasteiger partial charge in [-0.05, 0) is 59.5 Å². The molecule has 4 aromatic rings. The first kappa shape index (κ1) is 27.0. The Bertz CT molecular complexity index is 1590. The van der Waals surface area contributed by atoms with Crippen molar-refractivity contribution in [1.82, 2.24) is 14.5 Å². The number of carbonyl (C=O) groups excluding carboxylic acids is 1. The zero-order valence-corrected chi connectivity index (χ0v) is 21.8. The molecule has 11 heteroatoms. The Kier molecular flexibility index (Phi) is 7.14. The molecule has 0 fully saturated rings. The summed E-state index contributed by atoms with van der Waals surface area (Å²) in [5.41, 5.74) is 2.64. The quantitative estimate of drug-likeness (QED) is 0.348. The van der Waals surface area contributed by atoms with Crippen LogP contribution in [0.1, 0.15) is 38.3 Å². The van der Waals surface area contributed by atoms with Gasteiger partial charge in [-0.3, -0.25) is 4.79 Å². The fourth-order valence-corrected chi connectivity index (χ4v) is 5.24. The lowest BCUT2D eigenvalue weighted by atomic mass is 10.0. The molecule has 5 rings (SSSR count). The van der Waals surface area contributed by atoms with Crippen LogP contribution in [0.5, 0.6) is 11.5 Å². The molecule has 3 heterocycles. The SMILES string of the molecule is COc1cc(CC(=O)N2CCc3c(n(Cc4cccc(C(F)(F)F)c4)c4ncccc34)C2)cc(OC)c1C(=O)O. The summed E-state index contributed by atoms with van der Waals surface area (Å²) >= 11 is 0. The summed E-state index contributed by atoms with van der Waals surface area (Å²) in [7, 11) is 2.69. The van der Waals surface area contributed by atoms with Gasteiger partial charge in [-0.25, -0.2) is 9.78 Å². The molecule has 0 saturated heterocycles. The van der Waals surface area contributed by atoms with Crippen molar-refractivity contribution in [3.05, 3.63) is 88.2 Å². The lowest BCUT2D eigenvalue weighted by molar-refractivity contribution is -0.137. The molecule has 1 N–H and O–H groups in total. The highest BCUT2D eigenvalue weighted by molar-refractivity contribution is 5.94. The molecule has 1 aliphatic heterocycles. The van der Waals surface area contributed by atoms with E-state index < -0.39 is 17.7 Å². The number of halogens is 3. The van der Waals surface area contributed by atoms with E-state index in [4.69, 9.17) is 9.47 Å². The van der Waals surface area contributed by atoms with Crippen LogP contribution in [-0.4, -0.2) is 52.2 Å². The molecular weight excluding hydrogens is 527 g/mol. The minimum absolute atomic E-state index is 0.0198. The minimum atomic E-state index is -4.45. The smallest absolute Gasteiger partial charge is 0.416 e. The number of nitrogens with zero attached hydrogens (tertiary/aromatic N) is 3. The maximum absolute atomic E-state index is 13.4. The number of methoxy groups -OCH3 is 2. The van der Waals surface area contributed by atoms with Gasteiger partial charge in [0, 0.05) is 30.4 Å². The second-order valence-corrected chi connectivity index (χ2v) is 9.51. The normalized spacial score (nSPS) is 13.3. The highest BCUT2D eigenvalue weighted by atomic mass is 19.4. The third-order valence-electron chi connectivity index (χ3n) is 7.10. The summed E-state index contributed by atoms with van der Waals surface area (Å²) in [4.78, 5) is 31.3. The lowest BCUT2D eigenvalue weighted by Crippen LogP contribution is -2.37. The number of aromatic carboxylic acids is 1. The molecule has 0 saturated carbocycles. The first-order valence-electron chi connectivity index (χ1n) is 12.5. The molecule has 2 aromatic heterocycles. The molecule has 0 radical (unpaired) electrons. The molecule has 1 aliphatic rings. The van der Waals surface area contributed by atoms with Crippen molar-refractivity contribution in [2.45, 2.75) is 32.1 Å². The zero-order chi connectivity index (χ0) is 28.6. The van der Waals surface area contributed by atoms with Crippen molar-refractivity contribution < 1.29 is 37.3 Å². The van der Waals surface area contributed by atoms with Gasteiger partial charge in [0.05, 0.1) is 32.7 Å². The van der Waals surface area contributed by atoms with Gasteiger partial charge in [0.1, 0.15) is 22.7 Å². The fourth-order valence-electron chi connectivity index (χ4n) is 5.24.